The number of piperazine rings is 1. The number of halogens is 2. The number of pyridine rings is 1. The fourth-order valence-corrected chi connectivity index (χ4v) is 7.88. The monoisotopic (exact) mass is 802 g/mol. The summed E-state index contributed by atoms with van der Waals surface area (Å²) in [7, 11) is 0. The van der Waals surface area contributed by atoms with E-state index in [2.05, 4.69) is 35.5 Å². The number of aliphatic hydroxyl groups is 1. The normalized spacial score (nSPS) is 18.3. The molecule has 58 heavy (non-hydrogen) atoms. The van der Waals surface area contributed by atoms with E-state index in [4.69, 9.17) is 0 Å². The number of anilines is 2. The molecule has 4 aromatic rings. The number of aromatic nitrogens is 5. The maximum Gasteiger partial charge on any atom is 0.246 e. The lowest BCUT2D eigenvalue weighted by molar-refractivity contribution is -0.140. The number of hydrogen-bond acceptors (Lipinski definition) is 10. The first-order chi connectivity index (χ1) is 27.5. The number of imidazole rings is 1. The third kappa shape index (κ3) is 9.95. The van der Waals surface area contributed by atoms with Crippen LogP contribution in [0.3, 0.4) is 0 Å². The van der Waals surface area contributed by atoms with Crippen molar-refractivity contribution in [3.63, 3.8) is 0 Å². The van der Waals surface area contributed by atoms with Gasteiger partial charge >= 0.3 is 0 Å². The van der Waals surface area contributed by atoms with Gasteiger partial charge in [0.2, 0.25) is 23.7 Å². The van der Waals surface area contributed by atoms with E-state index >= 15 is 8.78 Å². The largest absolute Gasteiger partial charge is 0.391 e. The molecule has 3 N–H and O–H groups in total. The Bertz CT molecular complexity index is 2110. The third-order valence-corrected chi connectivity index (χ3v) is 11.0. The van der Waals surface area contributed by atoms with Gasteiger partial charge in [0.05, 0.1) is 17.8 Å². The summed E-state index contributed by atoms with van der Waals surface area (Å²) in [4.78, 5) is 62.3. The van der Waals surface area contributed by atoms with Crippen LogP contribution in [-0.4, -0.2) is 113 Å². The molecule has 3 amide bonds. The van der Waals surface area contributed by atoms with Crippen molar-refractivity contribution in [3.05, 3.63) is 59.7 Å². The van der Waals surface area contributed by atoms with Crippen molar-refractivity contribution >= 4 is 40.5 Å². The molecule has 5 heterocycles. The zero-order valence-corrected chi connectivity index (χ0v) is 34.6. The number of aliphatic hydroxyl groups excluding tert-OH is 1. The Labute approximate surface area is 338 Å². The van der Waals surface area contributed by atoms with Gasteiger partial charge in [-0.25, -0.2) is 28.7 Å². The van der Waals surface area contributed by atoms with Gasteiger partial charge in [0.15, 0.2) is 11.6 Å². The number of carbonyl (C=O) groups excluding carboxylic acids is 3. The molecule has 0 unspecified atom stereocenters. The van der Waals surface area contributed by atoms with Gasteiger partial charge < -0.3 is 30.1 Å². The summed E-state index contributed by atoms with van der Waals surface area (Å²) in [6.07, 6.45) is 4.47. The van der Waals surface area contributed by atoms with Crippen LogP contribution in [0.2, 0.25) is 0 Å². The minimum Gasteiger partial charge on any atom is -0.391 e. The van der Waals surface area contributed by atoms with Crippen molar-refractivity contribution in [1.82, 2.24) is 44.5 Å². The molecule has 2 aliphatic rings. The van der Waals surface area contributed by atoms with Gasteiger partial charge in [0.1, 0.15) is 28.9 Å². The Morgan fingerprint density at radius 2 is 1.69 bits per heavy atom. The topological polar surface area (TPSA) is 162 Å². The van der Waals surface area contributed by atoms with E-state index in [9.17, 15) is 19.5 Å². The SMILES string of the molecule is Cc1nc2c(F)cc(-c3nc(Nc4ccc(CN5CCN(C(=O)CCCCC(=O)N[C@H](C(=O)N6C[C@H](O)C[C@H]6C)C(C)(C)C)CC5)cn4)ncc3F)cc2n1C(C)C. The number of benzene rings is 1. The number of fused-ring (bicyclic) bond motifs is 1. The highest BCUT2D eigenvalue weighted by atomic mass is 19.1. The minimum atomic E-state index is -0.700. The van der Waals surface area contributed by atoms with Crippen LogP contribution in [0.1, 0.15) is 91.1 Å². The first kappa shape index (κ1) is 42.5. The summed E-state index contributed by atoms with van der Waals surface area (Å²) in [6, 6.07) is 5.90. The van der Waals surface area contributed by atoms with Crippen LogP contribution >= 0.6 is 0 Å². The number of nitrogens with one attached hydrogen (secondary N) is 2. The predicted octanol–water partition coefficient (Wildman–Crippen LogP) is 5.52. The second-order valence-corrected chi connectivity index (χ2v) is 17.0. The highest BCUT2D eigenvalue weighted by molar-refractivity contribution is 5.89. The summed E-state index contributed by atoms with van der Waals surface area (Å²) in [6.45, 7) is 17.0. The van der Waals surface area contributed by atoms with Gasteiger partial charge in [-0.1, -0.05) is 26.8 Å². The van der Waals surface area contributed by atoms with Gasteiger partial charge in [-0.15, -0.1) is 0 Å². The summed E-state index contributed by atoms with van der Waals surface area (Å²) in [5, 5.41) is 16.0. The fourth-order valence-electron chi connectivity index (χ4n) is 7.88. The first-order valence-electron chi connectivity index (χ1n) is 20.2. The second kappa shape index (κ2) is 17.8. The van der Waals surface area contributed by atoms with Crippen LogP contribution < -0.4 is 10.6 Å². The van der Waals surface area contributed by atoms with Crippen LogP contribution in [0.5, 0.6) is 0 Å². The number of rotatable bonds is 13. The predicted molar refractivity (Wildman–Crippen MR) is 217 cm³/mol. The van der Waals surface area contributed by atoms with Crippen molar-refractivity contribution in [3.8, 4) is 11.3 Å². The van der Waals surface area contributed by atoms with Crippen LogP contribution in [0.15, 0.2) is 36.7 Å². The van der Waals surface area contributed by atoms with Crippen LogP contribution in [-0.2, 0) is 20.9 Å². The molecule has 1 aromatic carbocycles. The number of hydrogen-bond donors (Lipinski definition) is 3. The molecule has 14 nitrogen and oxygen atoms in total. The number of nitrogens with zero attached hydrogens (tertiary/aromatic N) is 8. The number of amides is 3. The van der Waals surface area contributed by atoms with E-state index in [-0.39, 0.29) is 65.5 Å². The Morgan fingerprint density at radius 1 is 0.966 bits per heavy atom. The number of aryl methyl sites for hydroxylation is 1. The van der Waals surface area contributed by atoms with E-state index in [1.807, 2.05) is 64.0 Å². The van der Waals surface area contributed by atoms with Gasteiger partial charge in [-0.05, 0) is 76.1 Å². The molecule has 0 aliphatic carbocycles. The molecule has 2 saturated heterocycles. The Morgan fingerprint density at radius 3 is 2.33 bits per heavy atom. The second-order valence-electron chi connectivity index (χ2n) is 17.0. The van der Waals surface area contributed by atoms with E-state index in [0.717, 1.165) is 11.8 Å². The molecule has 6 rings (SSSR count). The Balaban J connectivity index is 0.941. The maximum atomic E-state index is 15.1. The average Bonchev–Trinajstić information content (AvgIpc) is 3.70. The number of carbonyl (C=O) groups is 3. The Kier molecular flexibility index (Phi) is 13.1. The van der Waals surface area contributed by atoms with Crippen LogP contribution in [0, 0.1) is 24.0 Å². The minimum absolute atomic E-state index is 0.0285. The van der Waals surface area contributed by atoms with Crippen molar-refractivity contribution in [2.75, 3.05) is 38.0 Å². The molecule has 16 heteroatoms. The molecule has 2 aliphatic heterocycles. The molecule has 0 bridgehead atoms. The number of β-amino-alcohol motifs (C(OH)–C–C–N with tert-alkyl or cyclic N) is 1. The lowest BCUT2D eigenvalue weighted by Gasteiger charge is -2.35. The zero-order chi connectivity index (χ0) is 41.9. The molecular weight excluding hydrogens is 747 g/mol. The zero-order valence-electron chi connectivity index (χ0n) is 34.6. The number of unbranched alkanes of at least 4 members (excludes halogenated alkanes) is 1. The number of likely N-dealkylation sites (tertiary alicyclic amines) is 1. The summed E-state index contributed by atoms with van der Waals surface area (Å²) >= 11 is 0. The van der Waals surface area contributed by atoms with Gasteiger partial charge in [-0.2, -0.15) is 0 Å². The fraction of sp³-hybridized carbons (Fsp3) is 0.548. The smallest absolute Gasteiger partial charge is 0.246 e. The van der Waals surface area contributed by atoms with Crippen LogP contribution in [0.25, 0.3) is 22.3 Å². The van der Waals surface area contributed by atoms with E-state index in [1.165, 1.54) is 6.07 Å². The van der Waals surface area contributed by atoms with Crippen molar-refractivity contribution < 1.29 is 28.3 Å². The van der Waals surface area contributed by atoms with E-state index in [0.29, 0.717) is 75.6 Å². The molecule has 3 aromatic heterocycles. The highest BCUT2D eigenvalue weighted by Gasteiger charge is 2.40. The van der Waals surface area contributed by atoms with Crippen molar-refractivity contribution in [2.24, 2.45) is 5.41 Å². The molecule has 3 atom stereocenters. The van der Waals surface area contributed by atoms with Gasteiger partial charge in [0, 0.05) is 76.0 Å². The Hall–Kier alpha value is -5.09. The van der Waals surface area contributed by atoms with Gasteiger partial charge in [-0.3, -0.25) is 19.3 Å². The molecule has 0 saturated carbocycles. The lowest BCUT2D eigenvalue weighted by Crippen LogP contribution is -2.55. The van der Waals surface area contributed by atoms with Crippen molar-refractivity contribution in [1.29, 1.82) is 0 Å². The summed E-state index contributed by atoms with van der Waals surface area (Å²) in [5.74, 6) is -0.320. The summed E-state index contributed by atoms with van der Waals surface area (Å²) in [5.41, 5.74) is 1.50. The quantitative estimate of drug-likeness (QED) is 0.147. The van der Waals surface area contributed by atoms with E-state index in [1.54, 1.807) is 23.2 Å². The molecular formula is C42H56F2N10O4. The standard InChI is InChI=1S/C42H56F2N10O4/c1-25(2)54-27(4)47-38-31(43)19-29(20-33(38)54)37-32(44)22-46-41(50-37)48-34-13-12-28(21-45-34)23-51-14-16-52(17-15-51)36(57)11-9-8-10-35(56)49-39(42(5,6)7)40(58)53-24-30(55)18-26(53)3/h12-13,19-22,25-26,30,39,55H,8-11,14-18,23-24H2,1-7H3,(H,49,56)(H,45,46,48,50)/t26-,30-,39-/m1/s1. The molecule has 2 fully saturated rings. The van der Waals surface area contributed by atoms with Gasteiger partial charge in [0.25, 0.3) is 0 Å². The molecule has 0 radical (unpaired) electrons. The van der Waals surface area contributed by atoms with E-state index < -0.39 is 29.2 Å². The van der Waals surface area contributed by atoms with Crippen molar-refractivity contribution in [2.45, 2.75) is 111 Å². The first-order valence-corrected chi connectivity index (χ1v) is 20.2. The highest BCUT2D eigenvalue weighted by Crippen LogP contribution is 2.31. The maximum absolute atomic E-state index is 15.1. The van der Waals surface area contributed by atoms with Crippen LogP contribution in [0.4, 0.5) is 20.5 Å². The summed E-state index contributed by atoms with van der Waals surface area (Å²) < 4.78 is 32.0. The third-order valence-electron chi connectivity index (χ3n) is 11.0. The molecule has 0 spiro atoms. The molecule has 312 valence electrons. The lowest BCUT2D eigenvalue weighted by atomic mass is 9.85. The average molecular weight is 803 g/mol.